The summed E-state index contributed by atoms with van der Waals surface area (Å²) >= 11 is 1.96. The van der Waals surface area contributed by atoms with Gasteiger partial charge in [-0.1, -0.05) is 6.92 Å². The van der Waals surface area contributed by atoms with Crippen LogP contribution in [0.5, 0.6) is 0 Å². The van der Waals surface area contributed by atoms with Gasteiger partial charge in [-0.3, -0.25) is 0 Å². The van der Waals surface area contributed by atoms with Gasteiger partial charge < -0.3 is 4.74 Å². The van der Waals surface area contributed by atoms with Gasteiger partial charge >= 0.3 is 0 Å². The van der Waals surface area contributed by atoms with Crippen molar-refractivity contribution in [2.45, 2.75) is 30.7 Å². The van der Waals surface area contributed by atoms with Crippen molar-refractivity contribution in [2.75, 3.05) is 5.75 Å². The molecule has 2 unspecified atom stereocenters. The predicted molar refractivity (Wildman–Crippen MR) is 44.4 cm³/mol. The van der Waals surface area contributed by atoms with Crippen LogP contribution in [0.1, 0.15) is 13.8 Å². The van der Waals surface area contributed by atoms with Gasteiger partial charge in [0.25, 0.3) is 0 Å². The fraction of sp³-hybridized carbons (Fsp3) is 1.00. The first-order valence-electron chi connectivity index (χ1n) is 3.68. The van der Waals surface area contributed by atoms with Crippen LogP contribution in [0.2, 0.25) is 0 Å². The van der Waals surface area contributed by atoms with Gasteiger partial charge in [-0.25, -0.2) is 0 Å². The molecule has 2 heterocycles. The summed E-state index contributed by atoms with van der Waals surface area (Å²) in [5, 5.41) is 0.546. The number of hydrogen-bond donors (Lipinski definition) is 0. The van der Waals surface area contributed by atoms with E-state index in [1.165, 1.54) is 0 Å². The standard InChI is InChI=1S/C7H11BOS/c1-4-5-6(8)9-7(4,2)3-10-5/h4-6H,3H2,1-2H3/t4?,5?,6-,7+/m1/s1. The van der Waals surface area contributed by atoms with E-state index in [1.807, 2.05) is 11.8 Å². The Morgan fingerprint density at radius 2 is 2.40 bits per heavy atom. The lowest BCUT2D eigenvalue weighted by Crippen LogP contribution is -2.32. The van der Waals surface area contributed by atoms with Crippen LogP contribution in [0.4, 0.5) is 0 Å². The van der Waals surface area contributed by atoms with E-state index in [1.54, 1.807) is 0 Å². The minimum Gasteiger partial charge on any atom is -0.380 e. The molecule has 0 aromatic rings. The molecule has 2 aliphatic rings. The second kappa shape index (κ2) is 1.95. The van der Waals surface area contributed by atoms with Crippen molar-refractivity contribution >= 4 is 19.6 Å². The van der Waals surface area contributed by atoms with E-state index in [4.69, 9.17) is 12.6 Å². The number of rotatable bonds is 0. The lowest BCUT2D eigenvalue weighted by molar-refractivity contribution is 0.00284. The van der Waals surface area contributed by atoms with Crippen molar-refractivity contribution in [3.63, 3.8) is 0 Å². The maximum absolute atomic E-state index is 5.75. The first-order valence-corrected chi connectivity index (χ1v) is 4.73. The van der Waals surface area contributed by atoms with Gasteiger partial charge in [-0.15, -0.1) is 0 Å². The minimum absolute atomic E-state index is 0.0150. The lowest BCUT2D eigenvalue weighted by Gasteiger charge is -2.26. The number of hydrogen-bond acceptors (Lipinski definition) is 2. The normalized spacial score (nSPS) is 59.6. The number of thioether (sulfide) groups is 1. The van der Waals surface area contributed by atoms with Crippen molar-refractivity contribution in [2.24, 2.45) is 5.92 Å². The topological polar surface area (TPSA) is 9.23 Å². The van der Waals surface area contributed by atoms with Crippen LogP contribution in [-0.4, -0.2) is 30.5 Å². The van der Waals surface area contributed by atoms with Gasteiger partial charge in [-0.05, 0) is 12.8 Å². The molecule has 2 bridgehead atoms. The molecule has 0 spiro atoms. The third kappa shape index (κ3) is 0.707. The zero-order valence-corrected chi connectivity index (χ0v) is 7.15. The Morgan fingerprint density at radius 1 is 1.70 bits per heavy atom. The summed E-state index contributed by atoms with van der Waals surface area (Å²) in [4.78, 5) is 0. The summed E-state index contributed by atoms with van der Waals surface area (Å²) in [5.74, 6) is 1.75. The van der Waals surface area contributed by atoms with Crippen molar-refractivity contribution < 1.29 is 4.74 Å². The molecule has 54 valence electrons. The number of ether oxygens (including phenoxy) is 1. The van der Waals surface area contributed by atoms with Gasteiger partial charge in [0, 0.05) is 17.0 Å². The summed E-state index contributed by atoms with van der Waals surface area (Å²) in [7, 11) is 5.75. The van der Waals surface area contributed by atoms with Gasteiger partial charge in [0.05, 0.1) is 5.60 Å². The fourth-order valence-corrected chi connectivity index (χ4v) is 3.46. The van der Waals surface area contributed by atoms with Gasteiger partial charge in [0.1, 0.15) is 7.85 Å². The molecule has 0 aliphatic carbocycles. The highest BCUT2D eigenvalue weighted by atomic mass is 32.2. The highest BCUT2D eigenvalue weighted by Crippen LogP contribution is 2.50. The van der Waals surface area contributed by atoms with E-state index in [-0.39, 0.29) is 11.6 Å². The Labute approximate surface area is 67.3 Å². The van der Waals surface area contributed by atoms with Crippen LogP contribution in [0, 0.1) is 5.92 Å². The largest absolute Gasteiger partial charge is 0.380 e. The monoisotopic (exact) mass is 154 g/mol. The molecule has 1 nitrogen and oxygen atoms in total. The highest BCUT2D eigenvalue weighted by molar-refractivity contribution is 8.00. The second-order valence-electron chi connectivity index (χ2n) is 3.46. The van der Waals surface area contributed by atoms with E-state index >= 15 is 0 Å². The van der Waals surface area contributed by atoms with Crippen LogP contribution in [0.25, 0.3) is 0 Å². The molecule has 0 amide bonds. The third-order valence-corrected chi connectivity index (χ3v) is 4.55. The molecule has 0 aromatic heterocycles. The highest BCUT2D eigenvalue weighted by Gasteiger charge is 2.53. The van der Waals surface area contributed by atoms with E-state index in [2.05, 4.69) is 13.8 Å². The molecule has 2 aliphatic heterocycles. The summed E-state index contributed by atoms with van der Waals surface area (Å²) in [6.07, 6.45) is 0. The van der Waals surface area contributed by atoms with E-state index in [0.29, 0.717) is 11.2 Å². The SMILES string of the molecule is [B][C@@H]1O[C@@]2(C)CSC1C2C. The van der Waals surface area contributed by atoms with E-state index in [0.717, 1.165) is 5.75 Å². The molecule has 0 saturated carbocycles. The third-order valence-electron chi connectivity index (χ3n) is 2.75. The van der Waals surface area contributed by atoms with Gasteiger partial charge in [0.2, 0.25) is 0 Å². The van der Waals surface area contributed by atoms with Crippen LogP contribution in [0.15, 0.2) is 0 Å². The molecule has 3 heteroatoms. The molecule has 0 N–H and O–H groups in total. The average molecular weight is 154 g/mol. The number of fused-ring (bicyclic) bond motifs is 2. The predicted octanol–water partition coefficient (Wildman–Crippen LogP) is 1.02. The Kier molecular flexibility index (Phi) is 1.37. The van der Waals surface area contributed by atoms with Crippen molar-refractivity contribution in [3.8, 4) is 0 Å². The maximum atomic E-state index is 5.75. The first-order chi connectivity index (χ1) is 4.63. The van der Waals surface area contributed by atoms with Crippen molar-refractivity contribution in [3.05, 3.63) is 0 Å². The molecule has 4 atom stereocenters. The van der Waals surface area contributed by atoms with Crippen molar-refractivity contribution in [1.29, 1.82) is 0 Å². The quantitative estimate of drug-likeness (QED) is 0.482. The minimum atomic E-state index is -0.0150. The smallest absolute Gasteiger partial charge is 0.110 e. The van der Waals surface area contributed by atoms with Crippen LogP contribution >= 0.6 is 11.8 Å². The maximum Gasteiger partial charge on any atom is 0.110 e. The summed E-state index contributed by atoms with van der Waals surface area (Å²) in [6.45, 7) is 4.40. The van der Waals surface area contributed by atoms with Crippen LogP contribution in [-0.2, 0) is 4.74 Å². The molecular formula is C7H11BOS. The van der Waals surface area contributed by atoms with Crippen LogP contribution < -0.4 is 0 Å². The summed E-state index contributed by atoms with van der Waals surface area (Å²) in [5.41, 5.74) is 0.0781. The molecule has 10 heavy (non-hydrogen) atoms. The van der Waals surface area contributed by atoms with Gasteiger partial charge in [-0.2, -0.15) is 11.8 Å². The van der Waals surface area contributed by atoms with Gasteiger partial charge in [0.15, 0.2) is 0 Å². The lowest BCUT2D eigenvalue weighted by atomic mass is 9.87. The molecule has 2 rings (SSSR count). The fourth-order valence-electron chi connectivity index (χ4n) is 1.78. The van der Waals surface area contributed by atoms with E-state index < -0.39 is 0 Å². The summed E-state index contributed by atoms with van der Waals surface area (Å²) < 4.78 is 5.62. The Balaban J connectivity index is 2.26. The Morgan fingerprint density at radius 3 is 2.60 bits per heavy atom. The van der Waals surface area contributed by atoms with E-state index in [9.17, 15) is 0 Å². The second-order valence-corrected chi connectivity index (χ2v) is 4.63. The zero-order valence-electron chi connectivity index (χ0n) is 6.33. The molecule has 2 radical (unpaired) electrons. The van der Waals surface area contributed by atoms with Crippen molar-refractivity contribution in [1.82, 2.24) is 0 Å². The first kappa shape index (κ1) is 7.05. The Bertz CT molecular complexity index is 164. The molecule has 0 aromatic carbocycles. The Hall–Kier alpha value is 0.375. The molecule has 2 fully saturated rings. The molecule has 2 saturated heterocycles. The molecular weight excluding hydrogens is 143 g/mol. The van der Waals surface area contributed by atoms with Crippen LogP contribution in [0.3, 0.4) is 0 Å². The summed E-state index contributed by atoms with van der Waals surface area (Å²) in [6, 6.07) is -0.0150. The zero-order chi connectivity index (χ0) is 7.35. The average Bonchev–Trinajstić information content (AvgIpc) is 2.20.